The number of nitrogens with zero attached hydrogens (tertiary/aromatic N) is 2. The minimum Gasteiger partial charge on any atom is -0.469 e. The molecule has 4 nitrogen and oxygen atoms in total. The molecule has 1 fully saturated rings. The summed E-state index contributed by atoms with van der Waals surface area (Å²) in [6, 6.07) is 6.44. The van der Waals surface area contributed by atoms with Gasteiger partial charge in [0.2, 0.25) is 0 Å². The quantitative estimate of drug-likeness (QED) is 0.800. The van der Waals surface area contributed by atoms with Crippen molar-refractivity contribution in [2.24, 2.45) is 0 Å². The Hall–Kier alpha value is -1.93. The van der Waals surface area contributed by atoms with E-state index in [-0.39, 0.29) is 12.0 Å². The van der Waals surface area contributed by atoms with Crippen LogP contribution in [0.2, 0.25) is 0 Å². The lowest BCUT2D eigenvalue weighted by Crippen LogP contribution is -2.40. The van der Waals surface area contributed by atoms with Crippen LogP contribution in [0.25, 0.3) is 0 Å². The highest BCUT2D eigenvalue weighted by atomic mass is 19.1. The van der Waals surface area contributed by atoms with Crippen LogP contribution in [0.15, 0.2) is 18.2 Å². The molecule has 0 spiro atoms. The van der Waals surface area contributed by atoms with E-state index in [9.17, 15) is 9.18 Å². The van der Waals surface area contributed by atoms with E-state index in [1.165, 1.54) is 19.2 Å². The number of esters is 1. The van der Waals surface area contributed by atoms with E-state index >= 15 is 0 Å². The first kappa shape index (κ1) is 15.5. The predicted molar refractivity (Wildman–Crippen MR) is 75.8 cm³/mol. The van der Waals surface area contributed by atoms with Gasteiger partial charge in [0.25, 0.3) is 0 Å². The molecule has 2 rings (SSSR count). The summed E-state index contributed by atoms with van der Waals surface area (Å²) < 4.78 is 17.9. The minimum absolute atomic E-state index is 0.128. The summed E-state index contributed by atoms with van der Waals surface area (Å²) in [4.78, 5) is 13.7. The second-order valence-electron chi connectivity index (χ2n) is 5.31. The van der Waals surface area contributed by atoms with Crippen LogP contribution in [-0.2, 0) is 16.1 Å². The molecule has 1 heterocycles. The van der Waals surface area contributed by atoms with Gasteiger partial charge in [0.15, 0.2) is 0 Å². The Morgan fingerprint density at radius 2 is 2.33 bits per heavy atom. The average molecular weight is 290 g/mol. The number of carbonyl (C=O) groups excluding carboxylic acids is 1. The third-order valence-corrected chi connectivity index (χ3v) is 3.94. The Morgan fingerprint density at radius 3 is 3.05 bits per heavy atom. The fourth-order valence-electron chi connectivity index (χ4n) is 2.78. The zero-order valence-electron chi connectivity index (χ0n) is 12.1. The molecule has 1 unspecified atom stereocenters. The standard InChI is InChI=1S/C16H19FN2O2/c1-21-16(20)9-15-4-2-3-7-19(15)11-12-5-6-14(17)8-13(12)10-18/h5-6,8,15H,2-4,7,9,11H2,1H3. The van der Waals surface area contributed by atoms with Crippen LogP contribution in [-0.4, -0.2) is 30.6 Å². The number of hydrogen-bond acceptors (Lipinski definition) is 4. The van der Waals surface area contributed by atoms with Crippen molar-refractivity contribution < 1.29 is 13.9 Å². The van der Waals surface area contributed by atoms with Gasteiger partial charge in [0.05, 0.1) is 25.2 Å². The van der Waals surface area contributed by atoms with Gasteiger partial charge in [-0.05, 0) is 37.1 Å². The minimum atomic E-state index is -0.403. The fourth-order valence-corrected chi connectivity index (χ4v) is 2.78. The van der Waals surface area contributed by atoms with Crippen molar-refractivity contribution in [3.05, 3.63) is 35.1 Å². The summed E-state index contributed by atoms with van der Waals surface area (Å²) >= 11 is 0. The van der Waals surface area contributed by atoms with E-state index in [2.05, 4.69) is 4.90 Å². The zero-order valence-corrected chi connectivity index (χ0v) is 12.1. The molecule has 1 aromatic carbocycles. The summed E-state index contributed by atoms with van der Waals surface area (Å²) in [6.45, 7) is 1.44. The second-order valence-corrected chi connectivity index (χ2v) is 5.31. The third kappa shape index (κ3) is 4.02. The first-order valence-corrected chi connectivity index (χ1v) is 7.13. The highest BCUT2D eigenvalue weighted by molar-refractivity contribution is 5.69. The molecule has 5 heteroatoms. The molecule has 0 N–H and O–H groups in total. The van der Waals surface area contributed by atoms with Gasteiger partial charge in [-0.25, -0.2) is 4.39 Å². The van der Waals surface area contributed by atoms with Crippen LogP contribution < -0.4 is 0 Å². The lowest BCUT2D eigenvalue weighted by molar-refractivity contribution is -0.142. The highest BCUT2D eigenvalue weighted by Crippen LogP contribution is 2.23. The van der Waals surface area contributed by atoms with Crippen LogP contribution >= 0.6 is 0 Å². The number of nitriles is 1. The maximum Gasteiger partial charge on any atom is 0.307 e. The number of halogens is 1. The van der Waals surface area contributed by atoms with Gasteiger partial charge in [0, 0.05) is 12.6 Å². The number of carbonyl (C=O) groups is 1. The van der Waals surface area contributed by atoms with Crippen LogP contribution in [0.5, 0.6) is 0 Å². The summed E-state index contributed by atoms with van der Waals surface area (Å²) in [6.07, 6.45) is 3.46. The molecule has 0 radical (unpaired) electrons. The van der Waals surface area contributed by atoms with Crippen molar-refractivity contribution in [2.45, 2.75) is 38.3 Å². The third-order valence-electron chi connectivity index (χ3n) is 3.94. The Kier molecular flexibility index (Phi) is 5.29. The van der Waals surface area contributed by atoms with E-state index in [4.69, 9.17) is 10.00 Å². The highest BCUT2D eigenvalue weighted by Gasteiger charge is 2.25. The maximum absolute atomic E-state index is 13.2. The van der Waals surface area contributed by atoms with Gasteiger partial charge in [0.1, 0.15) is 5.82 Å². The van der Waals surface area contributed by atoms with Crippen molar-refractivity contribution in [3.8, 4) is 6.07 Å². The maximum atomic E-state index is 13.2. The molecule has 1 atom stereocenters. The van der Waals surface area contributed by atoms with Crippen molar-refractivity contribution in [1.29, 1.82) is 5.26 Å². The Morgan fingerprint density at radius 1 is 1.52 bits per heavy atom. The molecule has 0 aliphatic carbocycles. The largest absolute Gasteiger partial charge is 0.469 e. The van der Waals surface area contributed by atoms with Crippen LogP contribution in [0.1, 0.15) is 36.8 Å². The topological polar surface area (TPSA) is 53.3 Å². The SMILES string of the molecule is COC(=O)CC1CCCCN1Cc1ccc(F)cc1C#N. The van der Waals surface area contributed by atoms with Gasteiger partial charge in [-0.1, -0.05) is 12.5 Å². The van der Waals surface area contributed by atoms with E-state index in [1.807, 2.05) is 6.07 Å². The molecule has 1 aromatic rings. The summed E-state index contributed by atoms with van der Waals surface area (Å²) in [7, 11) is 1.39. The zero-order chi connectivity index (χ0) is 15.2. The van der Waals surface area contributed by atoms with Crippen molar-refractivity contribution in [2.75, 3.05) is 13.7 Å². The van der Waals surface area contributed by atoms with Crippen molar-refractivity contribution >= 4 is 5.97 Å². The number of likely N-dealkylation sites (tertiary alicyclic amines) is 1. The van der Waals surface area contributed by atoms with E-state index in [1.54, 1.807) is 6.07 Å². The number of ether oxygens (including phenoxy) is 1. The number of rotatable bonds is 4. The number of hydrogen-bond donors (Lipinski definition) is 0. The molecule has 0 saturated carbocycles. The molecule has 0 aromatic heterocycles. The van der Waals surface area contributed by atoms with Gasteiger partial charge in [-0.3, -0.25) is 9.69 Å². The molecule has 112 valence electrons. The molecular weight excluding hydrogens is 271 g/mol. The fraction of sp³-hybridized carbons (Fsp3) is 0.500. The molecule has 1 aliphatic rings. The van der Waals surface area contributed by atoms with Crippen LogP contribution in [0, 0.1) is 17.1 Å². The molecule has 1 aliphatic heterocycles. The Balaban J connectivity index is 2.12. The van der Waals surface area contributed by atoms with E-state index < -0.39 is 5.82 Å². The summed E-state index contributed by atoms with van der Waals surface area (Å²) in [5.41, 5.74) is 1.16. The summed E-state index contributed by atoms with van der Waals surface area (Å²) in [5, 5.41) is 9.11. The first-order chi connectivity index (χ1) is 10.1. The van der Waals surface area contributed by atoms with Gasteiger partial charge in [-0.15, -0.1) is 0 Å². The molecule has 1 saturated heterocycles. The van der Waals surface area contributed by atoms with E-state index in [0.717, 1.165) is 31.4 Å². The first-order valence-electron chi connectivity index (χ1n) is 7.13. The lowest BCUT2D eigenvalue weighted by Gasteiger charge is -2.35. The van der Waals surface area contributed by atoms with Crippen LogP contribution in [0.4, 0.5) is 4.39 Å². The summed E-state index contributed by atoms with van der Waals surface area (Å²) in [5.74, 6) is -0.619. The van der Waals surface area contributed by atoms with Gasteiger partial charge < -0.3 is 4.74 Å². The molecule has 21 heavy (non-hydrogen) atoms. The van der Waals surface area contributed by atoms with E-state index in [0.29, 0.717) is 18.5 Å². The van der Waals surface area contributed by atoms with Crippen LogP contribution in [0.3, 0.4) is 0 Å². The number of piperidine rings is 1. The number of benzene rings is 1. The normalized spacial score (nSPS) is 19.0. The Bertz CT molecular complexity index is 554. The van der Waals surface area contributed by atoms with Crippen molar-refractivity contribution in [1.82, 2.24) is 4.90 Å². The molecular formula is C16H19FN2O2. The lowest BCUT2D eigenvalue weighted by atomic mass is 9.97. The Labute approximate surface area is 124 Å². The predicted octanol–water partition coefficient (Wildman–Crippen LogP) is 2.61. The number of methoxy groups -OCH3 is 1. The van der Waals surface area contributed by atoms with Gasteiger partial charge in [-0.2, -0.15) is 5.26 Å². The van der Waals surface area contributed by atoms with Gasteiger partial charge >= 0.3 is 5.97 Å². The van der Waals surface area contributed by atoms with Crippen molar-refractivity contribution in [3.63, 3.8) is 0 Å². The molecule has 0 amide bonds. The second kappa shape index (κ2) is 7.19. The monoisotopic (exact) mass is 290 g/mol. The molecule has 0 bridgehead atoms. The average Bonchev–Trinajstić information content (AvgIpc) is 2.50. The smallest absolute Gasteiger partial charge is 0.307 e.